The zero-order valence-electron chi connectivity index (χ0n) is 13.8. The lowest BCUT2D eigenvalue weighted by Crippen LogP contribution is -2.32. The third-order valence-electron chi connectivity index (χ3n) is 3.76. The van der Waals surface area contributed by atoms with Gasteiger partial charge >= 0.3 is 5.97 Å². The molecular weight excluding hydrogens is 330 g/mol. The Kier molecular flexibility index (Phi) is 4.94. The molecule has 1 aromatic carbocycles. The monoisotopic (exact) mass is 349 g/mol. The average molecular weight is 349 g/mol. The number of hydrogen-bond donors (Lipinski definition) is 0. The molecule has 24 heavy (non-hydrogen) atoms. The Balaban J connectivity index is 2.46. The van der Waals surface area contributed by atoms with Crippen LogP contribution < -0.4 is 0 Å². The summed E-state index contributed by atoms with van der Waals surface area (Å²) in [7, 11) is -3.98. The first kappa shape index (κ1) is 17.9. The van der Waals surface area contributed by atoms with Crippen molar-refractivity contribution in [2.24, 2.45) is 5.92 Å². The first-order valence-corrected chi connectivity index (χ1v) is 8.78. The standard InChI is InChI=1S/C17H19NO5S/c1-5-14-10-18(17(20)16(14)12(3)23-13(4)19)24(21,22)15-8-6-11(2)7-9-15/h5-9,14H,1,10H2,2-4H3/b16-12-. The molecule has 7 heteroatoms. The van der Waals surface area contributed by atoms with Gasteiger partial charge in [0.05, 0.1) is 10.5 Å². The molecule has 0 aromatic heterocycles. The number of nitrogens with zero attached hydrogens (tertiary/aromatic N) is 1. The Morgan fingerprint density at radius 1 is 1.29 bits per heavy atom. The van der Waals surface area contributed by atoms with Gasteiger partial charge in [0.2, 0.25) is 0 Å². The molecule has 1 aromatic rings. The maximum Gasteiger partial charge on any atom is 0.307 e. The highest BCUT2D eigenvalue weighted by Gasteiger charge is 2.42. The number of hydrogen-bond acceptors (Lipinski definition) is 5. The van der Waals surface area contributed by atoms with E-state index in [2.05, 4.69) is 6.58 Å². The lowest BCUT2D eigenvalue weighted by Gasteiger charge is -2.16. The Bertz CT molecular complexity index is 821. The van der Waals surface area contributed by atoms with Crippen molar-refractivity contribution in [3.8, 4) is 0 Å². The molecule has 1 aliphatic rings. The van der Waals surface area contributed by atoms with Gasteiger partial charge in [-0.15, -0.1) is 6.58 Å². The molecule has 1 aliphatic heterocycles. The molecule has 1 amide bonds. The first-order valence-electron chi connectivity index (χ1n) is 7.34. The van der Waals surface area contributed by atoms with Crippen LogP contribution in [0.3, 0.4) is 0 Å². The third kappa shape index (κ3) is 3.26. The van der Waals surface area contributed by atoms with Crippen LogP contribution >= 0.6 is 0 Å². The number of benzene rings is 1. The number of carbonyl (C=O) groups is 2. The topological polar surface area (TPSA) is 80.8 Å². The molecule has 1 unspecified atom stereocenters. The van der Waals surface area contributed by atoms with Gasteiger partial charge in [-0.05, 0) is 26.0 Å². The van der Waals surface area contributed by atoms with Gasteiger partial charge in [-0.25, -0.2) is 12.7 Å². The van der Waals surface area contributed by atoms with E-state index in [1.807, 2.05) is 6.92 Å². The van der Waals surface area contributed by atoms with Gasteiger partial charge in [-0.3, -0.25) is 9.59 Å². The quantitative estimate of drug-likeness (QED) is 0.360. The molecule has 128 valence electrons. The minimum atomic E-state index is -3.98. The number of esters is 1. The van der Waals surface area contributed by atoms with Crippen molar-refractivity contribution in [1.82, 2.24) is 4.31 Å². The fraction of sp³-hybridized carbons (Fsp3) is 0.294. The van der Waals surface area contributed by atoms with Crippen LogP contribution in [0.2, 0.25) is 0 Å². The second kappa shape index (κ2) is 6.60. The van der Waals surface area contributed by atoms with E-state index in [4.69, 9.17) is 4.74 Å². The molecule has 0 radical (unpaired) electrons. The summed E-state index contributed by atoms with van der Waals surface area (Å²) in [6, 6.07) is 6.25. The maximum atomic E-state index is 12.7. The molecule has 1 atom stereocenters. The SMILES string of the molecule is C=CC1CN(S(=O)(=O)c2ccc(C)cc2)C(=O)/C1=C(/C)OC(C)=O. The minimum Gasteiger partial charge on any atom is -0.431 e. The lowest BCUT2D eigenvalue weighted by atomic mass is 10.0. The van der Waals surface area contributed by atoms with Gasteiger partial charge in [0.15, 0.2) is 0 Å². The summed E-state index contributed by atoms with van der Waals surface area (Å²) < 4.78 is 31.3. The summed E-state index contributed by atoms with van der Waals surface area (Å²) in [6.45, 7) is 8.10. The maximum absolute atomic E-state index is 12.7. The van der Waals surface area contributed by atoms with E-state index >= 15 is 0 Å². The van der Waals surface area contributed by atoms with Gasteiger partial charge in [-0.1, -0.05) is 23.8 Å². The van der Waals surface area contributed by atoms with Crippen LogP contribution in [0.1, 0.15) is 19.4 Å². The lowest BCUT2D eigenvalue weighted by molar-refractivity contribution is -0.136. The van der Waals surface area contributed by atoms with Gasteiger partial charge in [-0.2, -0.15) is 0 Å². The van der Waals surface area contributed by atoms with Crippen LogP contribution in [0, 0.1) is 12.8 Å². The third-order valence-corrected chi connectivity index (χ3v) is 5.52. The van der Waals surface area contributed by atoms with Crippen molar-refractivity contribution in [3.05, 3.63) is 53.8 Å². The minimum absolute atomic E-state index is 0.0376. The van der Waals surface area contributed by atoms with Gasteiger partial charge in [0.25, 0.3) is 15.9 Å². The Hall–Kier alpha value is -2.41. The smallest absolute Gasteiger partial charge is 0.307 e. The van der Waals surface area contributed by atoms with Crippen molar-refractivity contribution >= 4 is 21.9 Å². The van der Waals surface area contributed by atoms with E-state index in [0.29, 0.717) is 0 Å². The van der Waals surface area contributed by atoms with E-state index in [1.54, 1.807) is 12.1 Å². The van der Waals surface area contributed by atoms with E-state index in [9.17, 15) is 18.0 Å². The summed E-state index contributed by atoms with van der Waals surface area (Å²) in [5.74, 6) is -1.70. The summed E-state index contributed by atoms with van der Waals surface area (Å²) in [4.78, 5) is 23.8. The number of aryl methyl sites for hydroxylation is 1. The molecule has 1 heterocycles. The molecule has 2 rings (SSSR count). The highest BCUT2D eigenvalue weighted by molar-refractivity contribution is 7.89. The van der Waals surface area contributed by atoms with Crippen LogP contribution in [0.5, 0.6) is 0 Å². The molecule has 0 bridgehead atoms. The Labute approximate surface area is 141 Å². The van der Waals surface area contributed by atoms with E-state index in [-0.39, 0.29) is 22.8 Å². The number of allylic oxidation sites excluding steroid dienone is 1. The number of sulfonamides is 1. The largest absolute Gasteiger partial charge is 0.431 e. The Morgan fingerprint density at radius 3 is 2.38 bits per heavy atom. The predicted molar refractivity (Wildman–Crippen MR) is 88.2 cm³/mol. The molecule has 0 spiro atoms. The molecule has 1 fully saturated rings. The van der Waals surface area contributed by atoms with E-state index in [0.717, 1.165) is 9.87 Å². The zero-order chi connectivity index (χ0) is 18.1. The van der Waals surface area contributed by atoms with Crippen molar-refractivity contribution in [3.63, 3.8) is 0 Å². The fourth-order valence-corrected chi connectivity index (χ4v) is 3.97. The highest BCUT2D eigenvalue weighted by atomic mass is 32.2. The van der Waals surface area contributed by atoms with Crippen LogP contribution in [0.4, 0.5) is 0 Å². The highest BCUT2D eigenvalue weighted by Crippen LogP contribution is 2.32. The van der Waals surface area contributed by atoms with Crippen molar-refractivity contribution < 1.29 is 22.7 Å². The van der Waals surface area contributed by atoms with Crippen LogP contribution in [-0.2, 0) is 24.3 Å². The van der Waals surface area contributed by atoms with Crippen LogP contribution in [-0.4, -0.2) is 31.1 Å². The zero-order valence-corrected chi connectivity index (χ0v) is 14.6. The summed E-state index contributed by atoms with van der Waals surface area (Å²) >= 11 is 0. The molecule has 0 N–H and O–H groups in total. The summed E-state index contributed by atoms with van der Waals surface area (Å²) in [5, 5.41) is 0. The average Bonchev–Trinajstić information content (AvgIpc) is 2.84. The molecule has 6 nitrogen and oxygen atoms in total. The Morgan fingerprint density at radius 2 is 1.88 bits per heavy atom. The van der Waals surface area contributed by atoms with Gasteiger partial charge < -0.3 is 4.74 Å². The van der Waals surface area contributed by atoms with E-state index in [1.165, 1.54) is 32.1 Å². The van der Waals surface area contributed by atoms with Gasteiger partial charge in [0.1, 0.15) is 5.76 Å². The second-order valence-electron chi connectivity index (χ2n) is 5.56. The first-order chi connectivity index (χ1) is 11.2. The number of rotatable bonds is 4. The van der Waals surface area contributed by atoms with Crippen molar-refractivity contribution in [2.45, 2.75) is 25.7 Å². The van der Waals surface area contributed by atoms with Crippen molar-refractivity contribution in [1.29, 1.82) is 0 Å². The number of carbonyl (C=O) groups excluding carboxylic acids is 2. The van der Waals surface area contributed by atoms with Crippen LogP contribution in [0.15, 0.2) is 53.1 Å². The van der Waals surface area contributed by atoms with Crippen LogP contribution in [0.25, 0.3) is 0 Å². The summed E-state index contributed by atoms with van der Waals surface area (Å²) in [6.07, 6.45) is 1.48. The predicted octanol–water partition coefficient (Wildman–Crippen LogP) is 2.17. The fourth-order valence-electron chi connectivity index (χ4n) is 2.57. The number of amides is 1. The molecular formula is C17H19NO5S. The second-order valence-corrected chi connectivity index (χ2v) is 7.42. The van der Waals surface area contributed by atoms with Crippen molar-refractivity contribution in [2.75, 3.05) is 6.54 Å². The van der Waals surface area contributed by atoms with Gasteiger partial charge in [0, 0.05) is 19.4 Å². The van der Waals surface area contributed by atoms with E-state index < -0.39 is 27.8 Å². The molecule has 0 aliphatic carbocycles. The normalized spacial score (nSPS) is 20.0. The summed E-state index contributed by atoms with van der Waals surface area (Å²) in [5.41, 5.74) is 1.05. The molecule has 0 saturated carbocycles. The number of ether oxygens (including phenoxy) is 1. The molecule has 1 saturated heterocycles.